The first-order valence-corrected chi connectivity index (χ1v) is 10.2. The van der Waals surface area contributed by atoms with Crippen molar-refractivity contribution in [2.24, 2.45) is 0 Å². The molecule has 0 saturated carbocycles. The second kappa shape index (κ2) is 6.39. The van der Waals surface area contributed by atoms with Crippen LogP contribution in [0.1, 0.15) is 0 Å². The van der Waals surface area contributed by atoms with Gasteiger partial charge in [0.2, 0.25) is 0 Å². The lowest BCUT2D eigenvalue weighted by molar-refractivity contribution is 1.12. The maximum Gasteiger partial charge on any atom is 0.138 e. The summed E-state index contributed by atoms with van der Waals surface area (Å²) in [5, 5.41) is 12.0. The molecule has 0 aliphatic heterocycles. The lowest BCUT2D eigenvalue weighted by Gasteiger charge is -2.01. The number of aromatic amines is 2. The molecule has 138 valence electrons. The van der Waals surface area contributed by atoms with Crippen LogP contribution in [0.25, 0.3) is 55.0 Å². The van der Waals surface area contributed by atoms with Gasteiger partial charge in [0.15, 0.2) is 0 Å². The normalized spacial score (nSPS) is 11.4. The highest BCUT2D eigenvalue weighted by Gasteiger charge is 2.15. The van der Waals surface area contributed by atoms with Crippen LogP contribution in [0, 0.1) is 0 Å². The number of benzene rings is 1. The Kier molecular flexibility index (Phi) is 3.57. The summed E-state index contributed by atoms with van der Waals surface area (Å²) >= 11 is 1.73. The van der Waals surface area contributed by atoms with Gasteiger partial charge in [-0.25, -0.2) is 4.98 Å². The maximum atomic E-state index is 4.59. The Morgan fingerprint density at radius 3 is 2.69 bits per heavy atom. The van der Waals surface area contributed by atoms with Crippen LogP contribution in [0.3, 0.4) is 0 Å². The highest BCUT2D eigenvalue weighted by Crippen LogP contribution is 2.35. The molecule has 0 atom stereocenters. The maximum absolute atomic E-state index is 4.59. The summed E-state index contributed by atoms with van der Waals surface area (Å²) < 4.78 is 0. The van der Waals surface area contributed by atoms with Crippen LogP contribution < -0.4 is 0 Å². The van der Waals surface area contributed by atoms with Crippen molar-refractivity contribution in [2.75, 3.05) is 0 Å². The average molecular weight is 393 g/mol. The second-order valence-corrected chi connectivity index (χ2v) is 7.78. The van der Waals surface area contributed by atoms with E-state index in [4.69, 9.17) is 0 Å². The van der Waals surface area contributed by atoms with Crippen molar-refractivity contribution in [3.8, 4) is 33.1 Å². The molecule has 5 heterocycles. The van der Waals surface area contributed by atoms with E-state index in [-0.39, 0.29) is 0 Å². The van der Waals surface area contributed by atoms with Crippen LogP contribution in [0.4, 0.5) is 0 Å². The number of thiophene rings is 1. The Morgan fingerprint density at radius 2 is 1.83 bits per heavy atom. The first-order valence-electron chi connectivity index (χ1n) is 9.28. The number of pyridine rings is 2. The molecule has 0 radical (unpaired) electrons. The number of nitrogens with zero attached hydrogens (tertiary/aromatic N) is 3. The quantitative estimate of drug-likeness (QED) is 0.393. The fourth-order valence-electron chi connectivity index (χ4n) is 3.71. The van der Waals surface area contributed by atoms with Crippen molar-refractivity contribution >= 4 is 33.3 Å². The van der Waals surface area contributed by atoms with E-state index < -0.39 is 0 Å². The Bertz CT molecular complexity index is 1450. The monoisotopic (exact) mass is 393 g/mol. The fourth-order valence-corrected chi connectivity index (χ4v) is 4.48. The number of fused-ring (bicyclic) bond motifs is 2. The number of hydrogen-bond donors (Lipinski definition) is 2. The third-order valence-corrected chi connectivity index (χ3v) is 6.00. The average Bonchev–Trinajstić information content (AvgIpc) is 3.52. The van der Waals surface area contributed by atoms with Gasteiger partial charge in [0.05, 0.1) is 16.9 Å². The number of aromatic nitrogens is 5. The molecular weight excluding hydrogens is 378 g/mol. The molecule has 6 heteroatoms. The Labute approximate surface area is 170 Å². The van der Waals surface area contributed by atoms with Crippen LogP contribution in [0.5, 0.6) is 0 Å². The second-order valence-electron chi connectivity index (χ2n) is 6.83. The molecule has 5 aromatic heterocycles. The molecule has 29 heavy (non-hydrogen) atoms. The fraction of sp³-hybridized carbons (Fsp3) is 0. The molecule has 6 rings (SSSR count). The molecule has 0 aliphatic carbocycles. The largest absolute Gasteiger partial charge is 0.338 e. The van der Waals surface area contributed by atoms with E-state index in [1.807, 2.05) is 36.7 Å². The van der Waals surface area contributed by atoms with Gasteiger partial charge in [-0.2, -0.15) is 5.10 Å². The van der Waals surface area contributed by atoms with Gasteiger partial charge in [-0.05, 0) is 47.8 Å². The highest BCUT2D eigenvalue weighted by atomic mass is 32.1. The van der Waals surface area contributed by atoms with Gasteiger partial charge in [-0.1, -0.05) is 18.2 Å². The summed E-state index contributed by atoms with van der Waals surface area (Å²) in [6, 6.07) is 20.6. The van der Waals surface area contributed by atoms with Crippen molar-refractivity contribution in [2.45, 2.75) is 0 Å². The van der Waals surface area contributed by atoms with Gasteiger partial charge < -0.3 is 4.98 Å². The van der Waals surface area contributed by atoms with Gasteiger partial charge in [0, 0.05) is 39.2 Å². The van der Waals surface area contributed by atoms with E-state index in [1.165, 1.54) is 10.4 Å². The van der Waals surface area contributed by atoms with Gasteiger partial charge in [-0.15, -0.1) is 11.3 Å². The zero-order valence-corrected chi connectivity index (χ0v) is 16.1. The smallest absolute Gasteiger partial charge is 0.138 e. The van der Waals surface area contributed by atoms with E-state index in [1.54, 1.807) is 11.3 Å². The van der Waals surface area contributed by atoms with Crippen LogP contribution >= 0.6 is 11.3 Å². The zero-order chi connectivity index (χ0) is 19.2. The molecule has 5 nitrogen and oxygen atoms in total. The van der Waals surface area contributed by atoms with Crippen molar-refractivity contribution in [1.82, 2.24) is 25.1 Å². The molecule has 6 aromatic rings. The zero-order valence-electron chi connectivity index (χ0n) is 15.3. The van der Waals surface area contributed by atoms with Crippen LogP contribution in [0.15, 0.2) is 78.4 Å². The van der Waals surface area contributed by atoms with E-state index >= 15 is 0 Å². The van der Waals surface area contributed by atoms with Crippen molar-refractivity contribution < 1.29 is 0 Å². The summed E-state index contributed by atoms with van der Waals surface area (Å²) in [4.78, 5) is 13.7. The van der Waals surface area contributed by atoms with E-state index in [9.17, 15) is 0 Å². The molecular formula is C23H15N5S. The summed E-state index contributed by atoms with van der Waals surface area (Å²) in [6.07, 6.45) is 3.66. The van der Waals surface area contributed by atoms with Crippen LogP contribution in [0.2, 0.25) is 0 Å². The Hall–Kier alpha value is -3.77. The van der Waals surface area contributed by atoms with Crippen molar-refractivity contribution in [3.05, 3.63) is 78.4 Å². The minimum absolute atomic E-state index is 0.864. The molecule has 0 unspecified atom stereocenters. The SMILES string of the molecule is c1ccc(-c2ccc3[nH]nc(-c4cc5c(-c6cccs6)ccnc5[nH]4)c3c2)nc1. The van der Waals surface area contributed by atoms with Crippen LogP contribution in [-0.4, -0.2) is 25.1 Å². The van der Waals surface area contributed by atoms with Crippen molar-refractivity contribution in [3.63, 3.8) is 0 Å². The Morgan fingerprint density at radius 1 is 0.828 bits per heavy atom. The topological polar surface area (TPSA) is 70.2 Å². The van der Waals surface area contributed by atoms with Gasteiger partial charge in [0.25, 0.3) is 0 Å². The lowest BCUT2D eigenvalue weighted by Crippen LogP contribution is -1.83. The van der Waals surface area contributed by atoms with Crippen molar-refractivity contribution in [1.29, 1.82) is 0 Å². The molecule has 2 N–H and O–H groups in total. The minimum atomic E-state index is 0.864. The van der Waals surface area contributed by atoms with Gasteiger partial charge >= 0.3 is 0 Å². The number of hydrogen-bond acceptors (Lipinski definition) is 4. The van der Waals surface area contributed by atoms with E-state index in [0.717, 1.165) is 44.6 Å². The van der Waals surface area contributed by atoms with Gasteiger partial charge in [-0.3, -0.25) is 10.1 Å². The summed E-state index contributed by atoms with van der Waals surface area (Å²) in [5.41, 5.74) is 6.87. The number of nitrogens with one attached hydrogen (secondary N) is 2. The molecule has 0 spiro atoms. The van der Waals surface area contributed by atoms with Gasteiger partial charge in [0.1, 0.15) is 11.3 Å². The number of H-pyrrole nitrogens is 2. The summed E-state index contributed by atoms with van der Waals surface area (Å²) in [7, 11) is 0. The molecule has 1 aromatic carbocycles. The predicted molar refractivity (Wildman–Crippen MR) is 118 cm³/mol. The molecule has 0 bridgehead atoms. The first kappa shape index (κ1) is 16.2. The third kappa shape index (κ3) is 2.65. The van der Waals surface area contributed by atoms with E-state index in [2.05, 4.69) is 66.9 Å². The summed E-state index contributed by atoms with van der Waals surface area (Å²) in [5.74, 6) is 0. The molecule has 0 aliphatic rings. The summed E-state index contributed by atoms with van der Waals surface area (Å²) in [6.45, 7) is 0. The first-order chi connectivity index (χ1) is 14.4. The minimum Gasteiger partial charge on any atom is -0.338 e. The number of rotatable bonds is 3. The molecule has 0 saturated heterocycles. The standard InChI is InChI=1S/C23H15N5S/c1-2-9-24-18(4-1)14-6-7-19-17(12-14)22(28-27-19)20-13-16-15(21-5-3-11-29-21)8-10-25-23(16)26-20/h1-13H,(H,25,26)(H,27,28). The Balaban J connectivity index is 1.53. The van der Waals surface area contributed by atoms with E-state index in [0.29, 0.717) is 0 Å². The lowest BCUT2D eigenvalue weighted by atomic mass is 10.1. The molecule has 0 fully saturated rings. The van der Waals surface area contributed by atoms with Crippen LogP contribution in [-0.2, 0) is 0 Å². The highest BCUT2D eigenvalue weighted by molar-refractivity contribution is 7.13. The molecule has 0 amide bonds. The predicted octanol–water partition coefficient (Wildman–Crippen LogP) is 5.90. The third-order valence-electron chi connectivity index (χ3n) is 5.10.